The number of hydrogen-bond acceptors (Lipinski definition) is 15. The molecule has 2 aromatic carbocycles. The van der Waals surface area contributed by atoms with Crippen molar-refractivity contribution >= 4 is 44.8 Å². The molecule has 1 amide bonds. The molecule has 4 unspecified atom stereocenters. The molecule has 1 aliphatic heterocycles. The SMILES string of the molecule is CC=C1c2c(OC)cccc2C(=O)c2c(O)c3c(c(O)c21)[C@@H](OC1CC(NC(=O)OCCSSc2ccccn2)C(O)C(C)O1)C[C@](O)(C(=O)CO)C3. The summed E-state index contributed by atoms with van der Waals surface area (Å²) in [4.78, 5) is 43.9. The number of ketones is 2. The Hall–Kier alpha value is -4.16. The number of carbonyl (C=O) groups is 3. The summed E-state index contributed by atoms with van der Waals surface area (Å²) in [5, 5.41) is 59.5. The number of hydrogen-bond donors (Lipinski definition) is 6. The second-order valence-electron chi connectivity index (χ2n) is 12.8. The lowest BCUT2D eigenvalue weighted by Gasteiger charge is -2.43. The molecular weight excluding hydrogens is 729 g/mol. The minimum Gasteiger partial charge on any atom is -0.507 e. The highest BCUT2D eigenvalue weighted by atomic mass is 33.1. The number of amides is 1. The zero-order valence-corrected chi connectivity index (χ0v) is 30.7. The number of nitrogens with one attached hydrogen (secondary N) is 1. The van der Waals surface area contributed by atoms with E-state index >= 15 is 0 Å². The first-order valence-electron chi connectivity index (χ1n) is 16.9. The van der Waals surface area contributed by atoms with Gasteiger partial charge in [-0.05, 0) is 48.4 Å². The molecule has 53 heavy (non-hydrogen) atoms. The summed E-state index contributed by atoms with van der Waals surface area (Å²) in [6, 6.07) is 9.50. The van der Waals surface area contributed by atoms with Gasteiger partial charge < -0.3 is 49.8 Å². The number of carbonyl (C=O) groups excluding carboxylic acids is 3. The Balaban J connectivity index is 1.27. The van der Waals surface area contributed by atoms with E-state index in [1.165, 1.54) is 28.7 Å². The number of aromatic hydroxyl groups is 2. The average Bonchev–Trinajstić information content (AvgIpc) is 3.15. The number of rotatable bonds is 11. The molecule has 1 saturated heterocycles. The topological polar surface area (TPSA) is 214 Å². The predicted octanol–water partition coefficient (Wildman–Crippen LogP) is 3.82. The summed E-state index contributed by atoms with van der Waals surface area (Å²) in [6.07, 6.45) is -3.06. The van der Waals surface area contributed by atoms with E-state index in [1.54, 1.807) is 44.3 Å². The van der Waals surface area contributed by atoms with E-state index in [0.29, 0.717) is 22.6 Å². The number of phenols is 2. The number of nitrogens with zero attached hydrogens (tertiary/aromatic N) is 1. The van der Waals surface area contributed by atoms with Crippen LogP contribution in [0.4, 0.5) is 4.79 Å². The molecule has 2 heterocycles. The normalized spacial score (nSPS) is 25.6. The summed E-state index contributed by atoms with van der Waals surface area (Å²) < 4.78 is 23.1. The number of ether oxygens (including phenoxy) is 4. The molecule has 2 aliphatic carbocycles. The van der Waals surface area contributed by atoms with Crippen LogP contribution in [0.25, 0.3) is 5.57 Å². The third kappa shape index (κ3) is 7.49. The number of aliphatic hydroxyl groups excluding tert-OH is 2. The first-order chi connectivity index (χ1) is 25.4. The van der Waals surface area contributed by atoms with Gasteiger partial charge in [0.15, 0.2) is 17.9 Å². The van der Waals surface area contributed by atoms with E-state index in [-0.39, 0.29) is 40.8 Å². The number of aliphatic hydroxyl groups is 3. The lowest BCUT2D eigenvalue weighted by atomic mass is 9.71. The maximum atomic E-state index is 13.9. The Labute approximate surface area is 312 Å². The first kappa shape index (κ1) is 38.6. The molecule has 0 radical (unpaired) electrons. The second kappa shape index (κ2) is 16.1. The highest BCUT2D eigenvalue weighted by Gasteiger charge is 2.50. The van der Waals surface area contributed by atoms with Crippen LogP contribution in [0.2, 0.25) is 0 Å². The van der Waals surface area contributed by atoms with E-state index in [1.807, 2.05) is 18.2 Å². The number of allylic oxidation sites excluding steroid dienone is 1. The van der Waals surface area contributed by atoms with Gasteiger partial charge in [-0.3, -0.25) is 9.59 Å². The quantitative estimate of drug-likeness (QED) is 0.0727. The fourth-order valence-electron chi connectivity index (χ4n) is 7.09. The van der Waals surface area contributed by atoms with Crippen molar-refractivity contribution in [2.24, 2.45) is 0 Å². The molecule has 6 rings (SSSR count). The number of fused-ring (bicyclic) bond motifs is 3. The van der Waals surface area contributed by atoms with Crippen molar-refractivity contribution in [2.45, 2.75) is 74.4 Å². The molecule has 16 heteroatoms. The van der Waals surface area contributed by atoms with Crippen molar-refractivity contribution in [3.63, 3.8) is 0 Å². The number of Topliss-reactive ketones (excluding diaryl/α,β-unsaturated/α-hetero) is 1. The standard InChI is InChI=1S/C37H40N2O12S2/c1-4-19-28-20(8-7-9-23(28)48-3)33(43)31-30(19)35(45)29-21(34(31)44)15-37(47,25(41)17-40)16-24(29)51-27-14-22(32(42)18(2)50-27)39-36(46)49-12-13-52-53-26-10-5-6-11-38-26/h4-11,18,22,24,27,32,40,42,44-45,47H,12-17H2,1-3H3,(H,39,46)/t18?,22?,24-,27?,32?,37-/m0/s1. The van der Waals surface area contributed by atoms with Crippen molar-refractivity contribution in [2.75, 3.05) is 26.1 Å². The molecule has 3 aromatic rings. The smallest absolute Gasteiger partial charge is 0.407 e. The number of alkyl carbamates (subject to hydrolysis) is 1. The number of pyridine rings is 1. The van der Waals surface area contributed by atoms with Crippen molar-refractivity contribution in [3.8, 4) is 17.2 Å². The van der Waals surface area contributed by atoms with Gasteiger partial charge in [0.2, 0.25) is 0 Å². The van der Waals surface area contributed by atoms with Gasteiger partial charge in [0.25, 0.3) is 0 Å². The Morgan fingerprint density at radius 2 is 1.92 bits per heavy atom. The second-order valence-corrected chi connectivity index (χ2v) is 15.3. The predicted molar refractivity (Wildman–Crippen MR) is 194 cm³/mol. The van der Waals surface area contributed by atoms with Crippen LogP contribution >= 0.6 is 21.6 Å². The van der Waals surface area contributed by atoms with Crippen LogP contribution in [0.5, 0.6) is 17.2 Å². The van der Waals surface area contributed by atoms with Crippen molar-refractivity contribution in [3.05, 3.63) is 82.1 Å². The zero-order valence-electron chi connectivity index (χ0n) is 29.1. The highest BCUT2D eigenvalue weighted by Crippen LogP contribution is 2.55. The van der Waals surface area contributed by atoms with Gasteiger partial charge >= 0.3 is 6.09 Å². The molecule has 6 N–H and O–H groups in total. The Bertz CT molecular complexity index is 1930. The van der Waals surface area contributed by atoms with E-state index < -0.39 is 84.9 Å². The molecule has 1 fully saturated rings. The third-order valence-corrected chi connectivity index (χ3v) is 11.8. The molecular formula is C37H40N2O12S2. The lowest BCUT2D eigenvalue weighted by Crippen LogP contribution is -2.56. The molecule has 1 aromatic heterocycles. The largest absolute Gasteiger partial charge is 0.507 e. The van der Waals surface area contributed by atoms with E-state index in [0.717, 1.165) is 5.03 Å². The minimum atomic E-state index is -2.26. The summed E-state index contributed by atoms with van der Waals surface area (Å²) in [6.45, 7) is 2.33. The first-order valence-corrected chi connectivity index (χ1v) is 19.2. The average molecular weight is 769 g/mol. The summed E-state index contributed by atoms with van der Waals surface area (Å²) >= 11 is 0. The van der Waals surface area contributed by atoms with E-state index in [4.69, 9.17) is 18.9 Å². The van der Waals surface area contributed by atoms with Crippen LogP contribution in [0, 0.1) is 0 Å². The molecule has 0 bridgehead atoms. The molecule has 0 spiro atoms. The van der Waals surface area contributed by atoms with Crippen LogP contribution in [-0.2, 0) is 25.4 Å². The number of aromatic nitrogens is 1. The van der Waals surface area contributed by atoms with Crippen LogP contribution in [-0.4, -0.2) is 104 Å². The third-order valence-electron chi connectivity index (χ3n) is 9.62. The number of benzene rings is 2. The van der Waals surface area contributed by atoms with Gasteiger partial charge in [0.05, 0.1) is 30.9 Å². The van der Waals surface area contributed by atoms with E-state index in [2.05, 4.69) is 10.3 Å². The van der Waals surface area contributed by atoms with Crippen molar-refractivity contribution < 1.29 is 58.9 Å². The fourth-order valence-corrected chi connectivity index (χ4v) is 8.80. The molecule has 6 atom stereocenters. The fraction of sp³-hybridized carbons (Fsp3) is 0.405. The van der Waals surface area contributed by atoms with Crippen LogP contribution < -0.4 is 10.1 Å². The Kier molecular flexibility index (Phi) is 11.7. The van der Waals surface area contributed by atoms with Gasteiger partial charge in [-0.1, -0.05) is 35.1 Å². The molecule has 14 nitrogen and oxygen atoms in total. The molecule has 282 valence electrons. The summed E-state index contributed by atoms with van der Waals surface area (Å²) in [7, 11) is 4.35. The number of phenolic OH excluding ortho intramolecular Hbond substituents is 2. The zero-order chi connectivity index (χ0) is 38.0. The van der Waals surface area contributed by atoms with E-state index in [9.17, 15) is 39.9 Å². The summed E-state index contributed by atoms with van der Waals surface area (Å²) in [5.41, 5.74) is -1.55. The molecule has 0 saturated carbocycles. The van der Waals surface area contributed by atoms with Gasteiger partial charge in [0, 0.05) is 59.0 Å². The van der Waals surface area contributed by atoms with Gasteiger partial charge in [-0.2, -0.15) is 0 Å². The van der Waals surface area contributed by atoms with Gasteiger partial charge in [0.1, 0.15) is 47.2 Å². The monoisotopic (exact) mass is 768 g/mol. The van der Waals surface area contributed by atoms with Crippen LogP contribution in [0.3, 0.4) is 0 Å². The van der Waals surface area contributed by atoms with Gasteiger partial charge in [-0.25, -0.2) is 9.78 Å². The maximum absolute atomic E-state index is 13.9. The maximum Gasteiger partial charge on any atom is 0.407 e. The molecule has 3 aliphatic rings. The Morgan fingerprint density at radius 3 is 2.62 bits per heavy atom. The summed E-state index contributed by atoms with van der Waals surface area (Å²) in [5.74, 6) is -1.71. The lowest BCUT2D eigenvalue weighted by molar-refractivity contribution is -0.249. The van der Waals surface area contributed by atoms with Gasteiger partial charge in [-0.15, -0.1) is 0 Å². The van der Waals surface area contributed by atoms with Crippen LogP contribution in [0.15, 0.2) is 53.7 Å². The van der Waals surface area contributed by atoms with Crippen molar-refractivity contribution in [1.29, 1.82) is 0 Å². The Morgan fingerprint density at radius 1 is 1.13 bits per heavy atom. The minimum absolute atomic E-state index is 0.00882. The highest BCUT2D eigenvalue weighted by molar-refractivity contribution is 8.76. The van der Waals surface area contributed by atoms with Crippen molar-refractivity contribution in [1.82, 2.24) is 10.3 Å². The number of methoxy groups -OCH3 is 1. The van der Waals surface area contributed by atoms with Crippen LogP contribution in [0.1, 0.15) is 71.0 Å².